The Balaban J connectivity index is 2.04. The number of anilines is 2. The molecule has 0 spiro atoms. The van der Waals surface area contributed by atoms with Crippen LogP contribution in [0, 0.1) is 10.1 Å². The van der Waals surface area contributed by atoms with Crippen LogP contribution in [0.1, 0.15) is 6.92 Å². The number of hydrazine groups is 1. The van der Waals surface area contributed by atoms with E-state index >= 15 is 0 Å². The standard InChI is InChI=1S/C16H21N7O5/c1-3-28-16(25)20-19-14-10-8-12(22-6-4-21(2)5-7-22)13(23(26)27)9-11(10)17-15(24)18-14/h8-9H,3-7H2,1-2H3,(H,20,25)(H2,17,18,19,24). The van der Waals surface area contributed by atoms with E-state index in [2.05, 4.69) is 25.7 Å². The molecular weight excluding hydrogens is 370 g/mol. The number of H-pyrrole nitrogens is 1. The van der Waals surface area contributed by atoms with Crippen molar-refractivity contribution in [3.05, 3.63) is 32.7 Å². The van der Waals surface area contributed by atoms with E-state index in [0.717, 1.165) is 13.1 Å². The number of nitrogens with zero attached hydrogens (tertiary/aromatic N) is 4. The molecule has 3 N–H and O–H groups in total. The number of nitro groups is 1. The van der Waals surface area contributed by atoms with Gasteiger partial charge in [-0.05, 0) is 20.0 Å². The minimum absolute atomic E-state index is 0.0667. The lowest BCUT2D eigenvalue weighted by atomic mass is 10.1. The van der Waals surface area contributed by atoms with Crippen molar-refractivity contribution in [3.8, 4) is 0 Å². The Hall–Kier alpha value is -3.41. The number of benzene rings is 1. The first-order chi connectivity index (χ1) is 13.4. The Bertz CT molecular complexity index is 952. The van der Waals surface area contributed by atoms with E-state index in [1.807, 2.05) is 11.9 Å². The third-order valence-electron chi connectivity index (χ3n) is 4.42. The molecule has 0 bridgehead atoms. The van der Waals surface area contributed by atoms with E-state index < -0.39 is 16.7 Å². The summed E-state index contributed by atoms with van der Waals surface area (Å²) in [5.74, 6) is 0.0667. The highest BCUT2D eigenvalue weighted by atomic mass is 16.6. The van der Waals surface area contributed by atoms with Crippen molar-refractivity contribution < 1.29 is 14.5 Å². The van der Waals surface area contributed by atoms with Crippen LogP contribution in [-0.2, 0) is 4.74 Å². The molecule has 1 fully saturated rings. The van der Waals surface area contributed by atoms with Crippen LogP contribution in [0.4, 0.5) is 22.0 Å². The van der Waals surface area contributed by atoms with Crippen molar-refractivity contribution in [1.82, 2.24) is 20.3 Å². The summed E-state index contributed by atoms with van der Waals surface area (Å²) in [4.78, 5) is 44.9. The van der Waals surface area contributed by atoms with Crippen LogP contribution < -0.4 is 21.4 Å². The molecular formula is C16H21N7O5. The van der Waals surface area contributed by atoms with Crippen LogP contribution in [0.2, 0.25) is 0 Å². The summed E-state index contributed by atoms with van der Waals surface area (Å²) in [6.45, 7) is 4.63. The number of fused-ring (bicyclic) bond motifs is 1. The quantitative estimate of drug-likeness (QED) is 0.494. The van der Waals surface area contributed by atoms with Crippen molar-refractivity contribution in [2.24, 2.45) is 0 Å². The van der Waals surface area contributed by atoms with Crippen molar-refractivity contribution in [1.29, 1.82) is 0 Å². The number of hydrogen-bond acceptors (Lipinski definition) is 9. The average Bonchev–Trinajstić information content (AvgIpc) is 2.66. The third-order valence-corrected chi connectivity index (χ3v) is 4.42. The van der Waals surface area contributed by atoms with Crippen molar-refractivity contribution in [2.75, 3.05) is 50.2 Å². The monoisotopic (exact) mass is 391 g/mol. The molecule has 150 valence electrons. The molecule has 2 aromatic rings. The average molecular weight is 391 g/mol. The lowest BCUT2D eigenvalue weighted by Gasteiger charge is -2.33. The fourth-order valence-corrected chi connectivity index (χ4v) is 3.00. The highest BCUT2D eigenvalue weighted by Gasteiger charge is 2.25. The molecule has 0 radical (unpaired) electrons. The molecule has 1 aromatic heterocycles. The number of ether oxygens (including phenoxy) is 1. The van der Waals surface area contributed by atoms with Gasteiger partial charge in [-0.3, -0.25) is 15.5 Å². The summed E-state index contributed by atoms with van der Waals surface area (Å²) in [7, 11) is 1.99. The summed E-state index contributed by atoms with van der Waals surface area (Å²) < 4.78 is 4.76. The minimum atomic E-state index is -0.737. The summed E-state index contributed by atoms with van der Waals surface area (Å²) in [5.41, 5.74) is 4.68. The van der Waals surface area contributed by atoms with E-state index in [9.17, 15) is 19.7 Å². The highest BCUT2D eigenvalue weighted by Crippen LogP contribution is 2.34. The predicted molar refractivity (Wildman–Crippen MR) is 103 cm³/mol. The molecule has 1 saturated heterocycles. The summed E-state index contributed by atoms with van der Waals surface area (Å²) in [6, 6.07) is 2.90. The van der Waals surface area contributed by atoms with E-state index in [0.29, 0.717) is 24.2 Å². The fraction of sp³-hybridized carbons (Fsp3) is 0.438. The van der Waals surface area contributed by atoms with Crippen molar-refractivity contribution in [3.63, 3.8) is 0 Å². The van der Waals surface area contributed by atoms with Crippen LogP contribution in [-0.4, -0.2) is 65.7 Å². The molecule has 0 saturated carbocycles. The molecule has 12 heteroatoms. The molecule has 3 rings (SSSR count). The Kier molecular flexibility index (Phi) is 5.59. The molecule has 28 heavy (non-hydrogen) atoms. The van der Waals surface area contributed by atoms with Gasteiger partial charge in [-0.25, -0.2) is 15.0 Å². The highest BCUT2D eigenvalue weighted by molar-refractivity contribution is 5.95. The zero-order valence-corrected chi connectivity index (χ0v) is 15.5. The van der Waals surface area contributed by atoms with E-state index in [-0.39, 0.29) is 23.6 Å². The van der Waals surface area contributed by atoms with E-state index in [1.54, 1.807) is 13.0 Å². The maximum atomic E-state index is 11.8. The lowest BCUT2D eigenvalue weighted by molar-refractivity contribution is -0.384. The molecule has 1 aliphatic heterocycles. The minimum Gasteiger partial charge on any atom is -0.449 e. The molecule has 0 unspecified atom stereocenters. The first-order valence-electron chi connectivity index (χ1n) is 8.73. The zero-order chi connectivity index (χ0) is 20.3. The van der Waals surface area contributed by atoms with Gasteiger partial charge in [-0.15, -0.1) is 0 Å². The predicted octanol–water partition coefficient (Wildman–Crippen LogP) is 0.656. The number of rotatable bonds is 5. The Morgan fingerprint density at radius 1 is 1.36 bits per heavy atom. The second kappa shape index (κ2) is 8.08. The number of amides is 1. The SMILES string of the molecule is CCOC(=O)NNc1nc(=O)[nH]c2cc([N+](=O)[O-])c(N3CCN(C)CC3)cc12. The zero-order valence-electron chi connectivity index (χ0n) is 15.5. The lowest BCUT2D eigenvalue weighted by Crippen LogP contribution is -2.44. The number of nitro benzene ring substituents is 1. The van der Waals surface area contributed by atoms with Gasteiger partial charge in [-0.2, -0.15) is 4.98 Å². The normalized spacial score (nSPS) is 14.7. The van der Waals surface area contributed by atoms with Gasteiger partial charge < -0.3 is 19.5 Å². The number of carbonyl (C=O) groups excluding carboxylic acids is 1. The van der Waals surface area contributed by atoms with Gasteiger partial charge in [-0.1, -0.05) is 0 Å². The smallest absolute Gasteiger partial charge is 0.425 e. The second-order valence-electron chi connectivity index (χ2n) is 6.29. The molecule has 1 amide bonds. The fourth-order valence-electron chi connectivity index (χ4n) is 3.00. The maximum Gasteiger partial charge on any atom is 0.425 e. The molecule has 0 aliphatic carbocycles. The number of likely N-dealkylation sites (N-methyl/N-ethyl adjacent to an activating group) is 1. The number of piperazine rings is 1. The van der Waals surface area contributed by atoms with Crippen LogP contribution in [0.15, 0.2) is 16.9 Å². The number of hydrogen-bond donors (Lipinski definition) is 3. The summed E-state index contributed by atoms with van der Waals surface area (Å²) in [6.07, 6.45) is -0.737. The number of aromatic nitrogens is 2. The van der Waals surface area contributed by atoms with Gasteiger partial charge >= 0.3 is 11.8 Å². The summed E-state index contributed by atoms with van der Waals surface area (Å²) >= 11 is 0. The molecule has 2 heterocycles. The van der Waals surface area contributed by atoms with Gasteiger partial charge in [0.25, 0.3) is 5.69 Å². The largest absolute Gasteiger partial charge is 0.449 e. The summed E-state index contributed by atoms with van der Waals surface area (Å²) in [5, 5.41) is 12.0. The van der Waals surface area contributed by atoms with E-state index in [1.165, 1.54) is 6.07 Å². The van der Waals surface area contributed by atoms with Crippen LogP contribution in [0.25, 0.3) is 10.9 Å². The third kappa shape index (κ3) is 4.11. The Morgan fingerprint density at radius 2 is 2.07 bits per heavy atom. The van der Waals surface area contributed by atoms with Gasteiger partial charge in [0.2, 0.25) is 0 Å². The van der Waals surface area contributed by atoms with Gasteiger partial charge in [0.1, 0.15) is 5.69 Å². The van der Waals surface area contributed by atoms with Gasteiger partial charge in [0.15, 0.2) is 5.82 Å². The first kappa shape index (κ1) is 19.4. The number of aromatic amines is 1. The first-order valence-corrected chi connectivity index (χ1v) is 8.73. The van der Waals surface area contributed by atoms with Crippen LogP contribution in [0.5, 0.6) is 0 Å². The molecule has 0 atom stereocenters. The van der Waals surface area contributed by atoms with Crippen LogP contribution >= 0.6 is 0 Å². The molecule has 1 aromatic carbocycles. The van der Waals surface area contributed by atoms with Gasteiger partial charge in [0.05, 0.1) is 17.0 Å². The number of nitrogens with one attached hydrogen (secondary N) is 3. The maximum absolute atomic E-state index is 11.8. The second-order valence-corrected chi connectivity index (χ2v) is 6.29. The van der Waals surface area contributed by atoms with Gasteiger partial charge in [0, 0.05) is 37.6 Å². The Labute approximate surface area is 159 Å². The van der Waals surface area contributed by atoms with Crippen LogP contribution in [0.3, 0.4) is 0 Å². The van der Waals surface area contributed by atoms with Crippen molar-refractivity contribution in [2.45, 2.75) is 6.92 Å². The Morgan fingerprint density at radius 3 is 2.71 bits per heavy atom. The molecule has 1 aliphatic rings. The number of carbonyl (C=O) groups is 1. The van der Waals surface area contributed by atoms with Crippen molar-refractivity contribution >= 4 is 34.2 Å². The molecule has 12 nitrogen and oxygen atoms in total. The topological polar surface area (TPSA) is 146 Å². The van der Waals surface area contributed by atoms with E-state index in [4.69, 9.17) is 4.74 Å².